The smallest absolute Gasteiger partial charge is 0.256 e. The van der Waals surface area contributed by atoms with Crippen LogP contribution in [-0.4, -0.2) is 31.2 Å². The number of hydrogen-bond acceptors (Lipinski definition) is 5. The SMILES string of the molecule is CCOc1cccc(C2NC(=O)c3c(sc4c3CC[NH+](C)C4)N2)c1O. The summed E-state index contributed by atoms with van der Waals surface area (Å²) in [6.45, 7) is 4.34. The van der Waals surface area contributed by atoms with Gasteiger partial charge in [-0.25, -0.2) is 0 Å². The van der Waals surface area contributed by atoms with Crippen LogP contribution < -0.4 is 20.3 Å². The van der Waals surface area contributed by atoms with E-state index in [0.29, 0.717) is 17.9 Å². The highest BCUT2D eigenvalue weighted by Crippen LogP contribution is 2.41. The molecule has 7 heteroatoms. The molecule has 2 aliphatic rings. The Kier molecular flexibility index (Phi) is 4.05. The Labute approximate surface area is 150 Å². The fourth-order valence-corrected chi connectivity index (χ4v) is 4.92. The maximum Gasteiger partial charge on any atom is 0.256 e. The second-order valence-electron chi connectivity index (χ2n) is 6.52. The van der Waals surface area contributed by atoms with Crippen molar-refractivity contribution in [3.05, 3.63) is 39.8 Å². The number of likely N-dealkylation sites (N-methyl/N-ethyl adjacent to an activating group) is 1. The van der Waals surface area contributed by atoms with Crippen molar-refractivity contribution in [1.82, 2.24) is 5.32 Å². The van der Waals surface area contributed by atoms with E-state index in [9.17, 15) is 9.90 Å². The average molecular weight is 360 g/mol. The Morgan fingerprint density at radius 1 is 1.40 bits per heavy atom. The number of carbonyl (C=O) groups is 1. The molecule has 2 aliphatic heterocycles. The van der Waals surface area contributed by atoms with Gasteiger partial charge >= 0.3 is 0 Å². The van der Waals surface area contributed by atoms with Crippen LogP contribution in [0.4, 0.5) is 5.00 Å². The van der Waals surface area contributed by atoms with Gasteiger partial charge in [-0.2, -0.15) is 0 Å². The highest BCUT2D eigenvalue weighted by atomic mass is 32.1. The number of para-hydroxylation sites is 1. The molecule has 2 atom stereocenters. The van der Waals surface area contributed by atoms with Crippen molar-refractivity contribution in [1.29, 1.82) is 0 Å². The lowest BCUT2D eigenvalue weighted by atomic mass is 10.0. The summed E-state index contributed by atoms with van der Waals surface area (Å²) in [6, 6.07) is 5.34. The number of aromatic hydroxyl groups is 1. The van der Waals surface area contributed by atoms with Gasteiger partial charge in [-0.15, -0.1) is 11.3 Å². The lowest BCUT2D eigenvalue weighted by molar-refractivity contribution is -0.895. The van der Waals surface area contributed by atoms with Crippen LogP contribution in [0.2, 0.25) is 0 Å². The summed E-state index contributed by atoms with van der Waals surface area (Å²) >= 11 is 1.66. The fraction of sp³-hybridized carbons (Fsp3) is 0.389. The van der Waals surface area contributed by atoms with E-state index in [2.05, 4.69) is 17.7 Å². The minimum atomic E-state index is -0.467. The molecule has 0 saturated heterocycles. The number of carbonyl (C=O) groups excluding carboxylic acids is 1. The molecule has 0 spiro atoms. The Bertz CT molecular complexity index is 833. The zero-order valence-corrected chi connectivity index (χ0v) is 15.1. The minimum absolute atomic E-state index is 0.0658. The Morgan fingerprint density at radius 3 is 3.04 bits per heavy atom. The highest BCUT2D eigenvalue weighted by molar-refractivity contribution is 7.16. The molecule has 0 saturated carbocycles. The first-order valence-corrected chi connectivity index (χ1v) is 9.38. The number of hydrogen-bond donors (Lipinski definition) is 4. The number of quaternary nitrogens is 1. The molecule has 2 unspecified atom stereocenters. The van der Waals surface area contributed by atoms with E-state index in [0.717, 1.165) is 30.1 Å². The van der Waals surface area contributed by atoms with E-state index in [4.69, 9.17) is 4.74 Å². The van der Waals surface area contributed by atoms with Crippen LogP contribution in [0.15, 0.2) is 18.2 Å². The molecule has 25 heavy (non-hydrogen) atoms. The van der Waals surface area contributed by atoms with Crippen molar-refractivity contribution in [2.24, 2.45) is 0 Å². The van der Waals surface area contributed by atoms with Gasteiger partial charge in [-0.3, -0.25) is 4.79 Å². The predicted octanol–water partition coefficient (Wildman–Crippen LogP) is 1.28. The number of phenols is 1. The number of ether oxygens (including phenoxy) is 1. The fourth-order valence-electron chi connectivity index (χ4n) is 3.53. The van der Waals surface area contributed by atoms with E-state index < -0.39 is 6.17 Å². The number of thiophene rings is 1. The summed E-state index contributed by atoms with van der Waals surface area (Å²) in [5.41, 5.74) is 2.57. The molecule has 1 aromatic heterocycles. The molecular weight excluding hydrogens is 338 g/mol. The molecule has 0 radical (unpaired) electrons. The Morgan fingerprint density at radius 2 is 2.24 bits per heavy atom. The van der Waals surface area contributed by atoms with Crippen molar-refractivity contribution >= 4 is 22.2 Å². The molecule has 4 rings (SSSR count). The summed E-state index contributed by atoms with van der Waals surface area (Å²) in [5, 5.41) is 17.8. The van der Waals surface area contributed by atoms with Crippen LogP contribution in [0.25, 0.3) is 0 Å². The molecule has 1 amide bonds. The third-order valence-corrected chi connectivity index (χ3v) is 5.94. The first-order chi connectivity index (χ1) is 12.1. The molecule has 4 N–H and O–H groups in total. The van der Waals surface area contributed by atoms with Gasteiger partial charge in [0.1, 0.15) is 17.7 Å². The number of anilines is 1. The first kappa shape index (κ1) is 16.2. The second kappa shape index (κ2) is 6.24. The summed E-state index contributed by atoms with van der Waals surface area (Å²) < 4.78 is 5.45. The lowest BCUT2D eigenvalue weighted by Gasteiger charge is -2.27. The van der Waals surface area contributed by atoms with Gasteiger partial charge in [0.15, 0.2) is 11.5 Å². The number of fused-ring (bicyclic) bond motifs is 3. The van der Waals surface area contributed by atoms with Gasteiger partial charge in [-0.05, 0) is 18.6 Å². The first-order valence-electron chi connectivity index (χ1n) is 8.56. The molecule has 0 aliphatic carbocycles. The van der Waals surface area contributed by atoms with Crippen molar-refractivity contribution < 1.29 is 19.5 Å². The Balaban J connectivity index is 1.69. The standard InChI is InChI=1S/C18H21N3O3S/c1-3-24-12-6-4-5-11(15(12)22)16-19-17(23)14-10-7-8-21(2)9-13(10)25-18(14)20-16/h4-6,16,20,22H,3,7-9H2,1-2H3,(H,19,23)/p+1. The molecule has 132 valence electrons. The lowest BCUT2D eigenvalue weighted by Crippen LogP contribution is -3.08. The largest absolute Gasteiger partial charge is 0.504 e. The molecule has 6 nitrogen and oxygen atoms in total. The quantitative estimate of drug-likeness (QED) is 0.665. The Hall–Kier alpha value is -2.25. The molecular formula is C18H22N3O3S+. The van der Waals surface area contributed by atoms with Gasteiger partial charge in [0.2, 0.25) is 0 Å². The van der Waals surface area contributed by atoms with Crippen molar-refractivity contribution in [3.8, 4) is 11.5 Å². The topological polar surface area (TPSA) is 75.0 Å². The summed E-state index contributed by atoms with van der Waals surface area (Å²) in [5.74, 6) is 0.422. The van der Waals surface area contributed by atoms with Gasteiger partial charge in [-0.1, -0.05) is 12.1 Å². The van der Waals surface area contributed by atoms with Gasteiger partial charge < -0.3 is 25.4 Å². The maximum absolute atomic E-state index is 12.7. The molecule has 3 heterocycles. The number of rotatable bonds is 3. The number of phenolic OH excluding ortho intramolecular Hbond substituents is 1. The van der Waals surface area contributed by atoms with Crippen LogP contribution >= 0.6 is 11.3 Å². The average Bonchev–Trinajstić information content (AvgIpc) is 2.94. The third kappa shape index (κ3) is 2.73. The zero-order chi connectivity index (χ0) is 17.6. The van der Waals surface area contributed by atoms with Gasteiger partial charge in [0.25, 0.3) is 5.91 Å². The van der Waals surface area contributed by atoms with Crippen LogP contribution in [-0.2, 0) is 13.0 Å². The monoisotopic (exact) mass is 360 g/mol. The number of amides is 1. The van der Waals surface area contributed by atoms with Gasteiger partial charge in [0, 0.05) is 12.0 Å². The normalized spacial score (nSPS) is 21.8. The summed E-state index contributed by atoms with van der Waals surface area (Å²) in [6.07, 6.45) is 0.461. The molecule has 2 aromatic rings. The van der Waals surface area contributed by atoms with E-state index in [1.807, 2.05) is 13.0 Å². The van der Waals surface area contributed by atoms with Gasteiger partial charge in [0.05, 0.1) is 30.6 Å². The molecule has 0 bridgehead atoms. The van der Waals surface area contributed by atoms with Crippen molar-refractivity contribution in [3.63, 3.8) is 0 Å². The van der Waals surface area contributed by atoms with Crippen LogP contribution in [0.3, 0.4) is 0 Å². The summed E-state index contributed by atoms with van der Waals surface area (Å²) in [7, 11) is 2.18. The van der Waals surface area contributed by atoms with Crippen LogP contribution in [0.5, 0.6) is 11.5 Å². The van der Waals surface area contributed by atoms with E-state index in [-0.39, 0.29) is 11.7 Å². The predicted molar refractivity (Wildman–Crippen MR) is 96.6 cm³/mol. The zero-order valence-electron chi connectivity index (χ0n) is 14.3. The second-order valence-corrected chi connectivity index (χ2v) is 7.62. The minimum Gasteiger partial charge on any atom is -0.504 e. The number of benzene rings is 1. The summed E-state index contributed by atoms with van der Waals surface area (Å²) in [4.78, 5) is 15.5. The van der Waals surface area contributed by atoms with Crippen LogP contribution in [0.1, 0.15) is 39.5 Å². The highest BCUT2D eigenvalue weighted by Gasteiger charge is 2.34. The van der Waals surface area contributed by atoms with E-state index in [1.54, 1.807) is 23.5 Å². The van der Waals surface area contributed by atoms with E-state index >= 15 is 0 Å². The third-order valence-electron chi connectivity index (χ3n) is 4.77. The maximum atomic E-state index is 12.7. The number of nitrogens with one attached hydrogen (secondary N) is 3. The van der Waals surface area contributed by atoms with Crippen molar-refractivity contribution in [2.75, 3.05) is 25.5 Å². The van der Waals surface area contributed by atoms with Crippen molar-refractivity contribution in [2.45, 2.75) is 26.1 Å². The van der Waals surface area contributed by atoms with E-state index in [1.165, 1.54) is 15.3 Å². The van der Waals surface area contributed by atoms with Crippen LogP contribution in [0, 0.1) is 0 Å². The molecule has 1 aromatic carbocycles. The molecule has 0 fully saturated rings.